The van der Waals surface area contributed by atoms with Gasteiger partial charge < -0.3 is 14.2 Å². The molecule has 0 aliphatic carbocycles. The Morgan fingerprint density at radius 1 is 1.18 bits per heavy atom. The van der Waals surface area contributed by atoms with E-state index in [1.807, 2.05) is 0 Å². The van der Waals surface area contributed by atoms with Gasteiger partial charge in [0.05, 0.1) is 12.2 Å². The minimum absolute atomic E-state index is 0.175. The van der Waals surface area contributed by atoms with Crippen LogP contribution in [0.2, 0.25) is 0 Å². The smallest absolute Gasteiger partial charge is 0.308 e. The molecule has 4 rings (SSSR count). The molecular formula is C21H17FN2O4. The number of hydrogen-bond acceptors (Lipinski definition) is 5. The highest BCUT2D eigenvalue weighted by atomic mass is 19.1. The maximum atomic E-state index is 13.2. The molecular weight excluding hydrogens is 363 g/mol. The van der Waals surface area contributed by atoms with Crippen molar-refractivity contribution in [2.45, 2.75) is 19.9 Å². The molecule has 0 bridgehead atoms. The Balaban J connectivity index is 1.58. The predicted molar refractivity (Wildman–Crippen MR) is 98.1 cm³/mol. The highest BCUT2D eigenvalue weighted by Gasteiger charge is 2.28. The van der Waals surface area contributed by atoms with Crippen molar-refractivity contribution in [3.05, 3.63) is 71.2 Å². The van der Waals surface area contributed by atoms with Gasteiger partial charge >= 0.3 is 5.97 Å². The molecule has 28 heavy (non-hydrogen) atoms. The molecule has 142 valence electrons. The number of halogens is 1. The topological polar surface area (TPSA) is 72.6 Å². The maximum Gasteiger partial charge on any atom is 0.308 e. The van der Waals surface area contributed by atoms with Crippen LogP contribution >= 0.6 is 0 Å². The fourth-order valence-corrected chi connectivity index (χ4v) is 3.26. The van der Waals surface area contributed by atoms with Crippen LogP contribution in [0.3, 0.4) is 0 Å². The lowest BCUT2D eigenvalue weighted by Crippen LogP contribution is -2.35. The van der Waals surface area contributed by atoms with Crippen LogP contribution in [0.4, 0.5) is 4.39 Å². The molecule has 0 spiro atoms. The lowest BCUT2D eigenvalue weighted by atomic mass is 10.0. The molecule has 0 saturated heterocycles. The summed E-state index contributed by atoms with van der Waals surface area (Å²) < 4.78 is 23.7. The molecule has 1 amide bonds. The highest BCUT2D eigenvalue weighted by Crippen LogP contribution is 2.31. The van der Waals surface area contributed by atoms with Crippen LogP contribution in [0.5, 0.6) is 5.75 Å². The third-order valence-electron chi connectivity index (χ3n) is 4.57. The van der Waals surface area contributed by atoms with E-state index in [2.05, 4.69) is 5.16 Å². The minimum Gasteiger partial charge on any atom is -0.427 e. The van der Waals surface area contributed by atoms with E-state index in [9.17, 15) is 14.0 Å². The van der Waals surface area contributed by atoms with Crippen molar-refractivity contribution in [3.63, 3.8) is 0 Å². The number of carbonyl (C=O) groups is 2. The summed E-state index contributed by atoms with van der Waals surface area (Å²) in [7, 11) is 0. The van der Waals surface area contributed by atoms with Crippen LogP contribution in [-0.4, -0.2) is 28.5 Å². The predicted octanol–water partition coefficient (Wildman–Crippen LogP) is 3.60. The first-order chi connectivity index (χ1) is 13.5. The largest absolute Gasteiger partial charge is 0.427 e. The van der Waals surface area contributed by atoms with Crippen molar-refractivity contribution >= 4 is 11.9 Å². The van der Waals surface area contributed by atoms with Crippen LogP contribution < -0.4 is 4.74 Å². The number of amides is 1. The van der Waals surface area contributed by atoms with Gasteiger partial charge in [-0.05, 0) is 42.5 Å². The van der Waals surface area contributed by atoms with E-state index in [1.165, 1.54) is 19.1 Å². The number of fused-ring (bicyclic) bond motifs is 1. The van der Waals surface area contributed by atoms with Gasteiger partial charge in [-0.1, -0.05) is 11.2 Å². The van der Waals surface area contributed by atoms with Crippen molar-refractivity contribution in [2.75, 3.05) is 6.54 Å². The molecule has 0 N–H and O–H groups in total. The van der Waals surface area contributed by atoms with Gasteiger partial charge in [0.15, 0.2) is 5.76 Å². The third-order valence-corrected chi connectivity index (χ3v) is 4.57. The zero-order chi connectivity index (χ0) is 19.7. The van der Waals surface area contributed by atoms with Crippen molar-refractivity contribution in [1.82, 2.24) is 10.1 Å². The van der Waals surface area contributed by atoms with Crippen LogP contribution in [0.15, 0.2) is 53.1 Å². The lowest BCUT2D eigenvalue weighted by molar-refractivity contribution is -0.131. The Labute approximate surface area is 160 Å². The van der Waals surface area contributed by atoms with Gasteiger partial charge in [-0.3, -0.25) is 9.59 Å². The summed E-state index contributed by atoms with van der Waals surface area (Å²) in [5.74, 6) is -0.0812. The quantitative estimate of drug-likeness (QED) is 0.513. The molecule has 0 atom stereocenters. The van der Waals surface area contributed by atoms with Crippen molar-refractivity contribution < 1.29 is 23.2 Å². The van der Waals surface area contributed by atoms with E-state index >= 15 is 0 Å². The molecule has 0 fully saturated rings. The minimum atomic E-state index is -0.444. The van der Waals surface area contributed by atoms with E-state index in [1.54, 1.807) is 41.3 Å². The zero-order valence-corrected chi connectivity index (χ0v) is 15.1. The third kappa shape index (κ3) is 3.51. The summed E-state index contributed by atoms with van der Waals surface area (Å²) in [6, 6.07) is 12.5. The molecule has 0 unspecified atom stereocenters. The van der Waals surface area contributed by atoms with Gasteiger partial charge in [0, 0.05) is 36.6 Å². The Hall–Kier alpha value is -3.48. The Morgan fingerprint density at radius 2 is 1.96 bits per heavy atom. The summed E-state index contributed by atoms with van der Waals surface area (Å²) in [5, 5.41) is 4.10. The molecule has 1 aromatic heterocycles. The van der Waals surface area contributed by atoms with Gasteiger partial charge in [-0.15, -0.1) is 0 Å². The molecule has 2 aromatic carbocycles. The second kappa shape index (κ2) is 7.26. The molecule has 1 aliphatic rings. The summed E-state index contributed by atoms with van der Waals surface area (Å²) in [5.41, 5.74) is 2.77. The molecule has 0 radical (unpaired) electrons. The van der Waals surface area contributed by atoms with Crippen LogP contribution in [0, 0.1) is 5.82 Å². The molecule has 2 heterocycles. The van der Waals surface area contributed by atoms with E-state index in [0.29, 0.717) is 42.1 Å². The average Bonchev–Trinajstić information content (AvgIpc) is 3.11. The van der Waals surface area contributed by atoms with Crippen molar-refractivity contribution in [1.29, 1.82) is 0 Å². The Bertz CT molecular complexity index is 1040. The van der Waals surface area contributed by atoms with Crippen molar-refractivity contribution in [2.24, 2.45) is 0 Å². The molecule has 3 aromatic rings. The summed E-state index contributed by atoms with van der Waals surface area (Å²) >= 11 is 0. The summed E-state index contributed by atoms with van der Waals surface area (Å²) in [4.78, 5) is 25.8. The van der Waals surface area contributed by atoms with E-state index < -0.39 is 5.97 Å². The number of esters is 1. The van der Waals surface area contributed by atoms with Gasteiger partial charge in [-0.2, -0.15) is 0 Å². The first kappa shape index (κ1) is 17.9. The molecule has 0 saturated carbocycles. The van der Waals surface area contributed by atoms with Gasteiger partial charge in [-0.25, -0.2) is 4.39 Å². The van der Waals surface area contributed by atoms with E-state index in [0.717, 1.165) is 11.3 Å². The molecule has 6 nitrogen and oxygen atoms in total. The SMILES string of the molecule is CC(=O)Oc1cccc(C(=O)N2CCc3noc(-c4ccc(F)cc4)c3C2)c1. The first-order valence-corrected chi connectivity index (χ1v) is 8.82. The number of aromatic nitrogens is 1. The summed E-state index contributed by atoms with van der Waals surface area (Å²) in [6.45, 7) is 2.14. The normalized spacial score (nSPS) is 13.1. The molecule has 1 aliphatic heterocycles. The van der Waals surface area contributed by atoms with Gasteiger partial charge in [0.1, 0.15) is 11.6 Å². The standard InChI is InChI=1S/C21H17FN2O4/c1-13(25)27-17-4-2-3-15(11-17)21(26)24-10-9-19-18(12-24)20(28-23-19)14-5-7-16(22)8-6-14/h2-8,11H,9-10,12H2,1H3. The van der Waals surface area contributed by atoms with Crippen LogP contribution in [0.25, 0.3) is 11.3 Å². The monoisotopic (exact) mass is 380 g/mol. The van der Waals surface area contributed by atoms with E-state index in [4.69, 9.17) is 9.26 Å². The van der Waals surface area contributed by atoms with Gasteiger partial charge in [0.2, 0.25) is 0 Å². The highest BCUT2D eigenvalue weighted by molar-refractivity contribution is 5.95. The second-order valence-corrected chi connectivity index (χ2v) is 6.54. The van der Waals surface area contributed by atoms with E-state index in [-0.39, 0.29) is 11.7 Å². The fourth-order valence-electron chi connectivity index (χ4n) is 3.26. The summed E-state index contributed by atoms with van der Waals surface area (Å²) in [6.07, 6.45) is 0.565. The van der Waals surface area contributed by atoms with Gasteiger partial charge in [0.25, 0.3) is 5.91 Å². The zero-order valence-electron chi connectivity index (χ0n) is 15.1. The first-order valence-electron chi connectivity index (χ1n) is 8.82. The lowest BCUT2D eigenvalue weighted by Gasteiger charge is -2.26. The average molecular weight is 380 g/mol. The van der Waals surface area contributed by atoms with Crippen molar-refractivity contribution in [3.8, 4) is 17.1 Å². The number of nitrogens with zero attached hydrogens (tertiary/aromatic N) is 2. The second-order valence-electron chi connectivity index (χ2n) is 6.54. The number of ether oxygens (including phenoxy) is 1. The Kier molecular flexibility index (Phi) is 4.65. The number of rotatable bonds is 3. The Morgan fingerprint density at radius 3 is 2.71 bits per heavy atom. The van der Waals surface area contributed by atoms with Crippen LogP contribution in [-0.2, 0) is 17.8 Å². The number of carbonyl (C=O) groups excluding carboxylic acids is 2. The fraction of sp³-hybridized carbons (Fsp3) is 0.190. The number of hydrogen-bond donors (Lipinski definition) is 0. The molecule has 7 heteroatoms. The number of benzene rings is 2. The van der Waals surface area contributed by atoms with Crippen LogP contribution in [0.1, 0.15) is 28.5 Å². The maximum absolute atomic E-state index is 13.2.